The average Bonchev–Trinajstić information content (AvgIpc) is 2.40. The van der Waals surface area contributed by atoms with Crippen LogP contribution in [0.5, 0.6) is 0 Å². The van der Waals surface area contributed by atoms with E-state index < -0.39 is 0 Å². The highest BCUT2D eigenvalue weighted by Crippen LogP contribution is 2.23. The topological polar surface area (TPSA) is 62.3 Å². The molecule has 1 aliphatic rings. The molecule has 0 saturated carbocycles. The molecule has 0 bridgehead atoms. The minimum atomic E-state index is 0.160. The second-order valence-corrected chi connectivity index (χ2v) is 5.02. The average molecular weight is 286 g/mol. The number of nitrogens with one attached hydrogen (secondary N) is 2. The van der Waals surface area contributed by atoms with Gasteiger partial charge in [0.25, 0.3) is 0 Å². The van der Waals surface area contributed by atoms with Gasteiger partial charge in [-0.3, -0.25) is 0 Å². The van der Waals surface area contributed by atoms with E-state index >= 15 is 0 Å². The van der Waals surface area contributed by atoms with Gasteiger partial charge in [-0.2, -0.15) is 4.98 Å². The molecule has 0 spiro atoms. The number of ether oxygens (including phenoxy) is 1. The first-order chi connectivity index (χ1) is 9.13. The Kier molecular flexibility index (Phi) is 4.79. The maximum atomic E-state index is 6.03. The van der Waals surface area contributed by atoms with Gasteiger partial charge in [0.15, 0.2) is 0 Å². The molecule has 0 radical (unpaired) electrons. The third-order valence-corrected chi connectivity index (χ3v) is 3.33. The van der Waals surface area contributed by atoms with Crippen LogP contribution >= 0.6 is 11.6 Å². The Morgan fingerprint density at radius 1 is 1.47 bits per heavy atom. The van der Waals surface area contributed by atoms with Crippen LogP contribution in [0.4, 0.5) is 11.8 Å². The number of hydrogen-bond donors (Lipinski definition) is 2. The Labute approximate surface area is 118 Å². The largest absolute Gasteiger partial charge is 0.373 e. The van der Waals surface area contributed by atoms with E-state index in [0.717, 1.165) is 18.9 Å². The standard InChI is InChI=1S/C12H20ClN5O/c1-8-7-19-9(5-14-2)6-18(8)11-4-10(13)16-12(15-3)17-11/h4,8-9,14H,5-7H2,1-3H3,(H,15,16,17). The third-order valence-electron chi connectivity index (χ3n) is 3.14. The molecule has 1 aliphatic heterocycles. The summed E-state index contributed by atoms with van der Waals surface area (Å²) in [5, 5.41) is 6.50. The van der Waals surface area contributed by atoms with Crippen LogP contribution in [0.15, 0.2) is 6.07 Å². The van der Waals surface area contributed by atoms with E-state index in [1.165, 1.54) is 0 Å². The summed E-state index contributed by atoms with van der Waals surface area (Å²) in [7, 11) is 3.70. The van der Waals surface area contributed by atoms with Crippen molar-refractivity contribution in [3.63, 3.8) is 0 Å². The number of rotatable bonds is 4. The highest BCUT2D eigenvalue weighted by Gasteiger charge is 2.27. The molecule has 1 aromatic rings. The Morgan fingerprint density at radius 2 is 2.26 bits per heavy atom. The van der Waals surface area contributed by atoms with E-state index in [0.29, 0.717) is 17.7 Å². The molecular formula is C12H20ClN5O. The van der Waals surface area contributed by atoms with Gasteiger partial charge in [-0.25, -0.2) is 4.98 Å². The fraction of sp³-hybridized carbons (Fsp3) is 0.667. The summed E-state index contributed by atoms with van der Waals surface area (Å²) >= 11 is 6.03. The Hall–Kier alpha value is -1.11. The van der Waals surface area contributed by atoms with Crippen LogP contribution in [0, 0.1) is 0 Å². The van der Waals surface area contributed by atoms with Crippen LogP contribution in [0.3, 0.4) is 0 Å². The summed E-state index contributed by atoms with van der Waals surface area (Å²) in [6, 6.07) is 2.06. The zero-order chi connectivity index (χ0) is 13.8. The molecular weight excluding hydrogens is 266 g/mol. The first-order valence-electron chi connectivity index (χ1n) is 6.39. The lowest BCUT2D eigenvalue weighted by atomic mass is 10.2. The van der Waals surface area contributed by atoms with Gasteiger partial charge in [-0.1, -0.05) is 11.6 Å². The number of anilines is 2. The summed E-state index contributed by atoms with van der Waals surface area (Å²) in [6.07, 6.45) is 0.160. The fourth-order valence-corrected chi connectivity index (χ4v) is 2.33. The molecule has 2 rings (SSSR count). The van der Waals surface area contributed by atoms with Crippen molar-refractivity contribution in [3.8, 4) is 0 Å². The SMILES string of the molecule is CNCC1CN(c2cc(Cl)nc(NC)n2)C(C)CO1. The van der Waals surface area contributed by atoms with Gasteiger partial charge < -0.3 is 20.3 Å². The lowest BCUT2D eigenvalue weighted by molar-refractivity contribution is 0.0240. The van der Waals surface area contributed by atoms with E-state index in [4.69, 9.17) is 16.3 Å². The van der Waals surface area contributed by atoms with Crippen LogP contribution in [-0.4, -0.2) is 55.9 Å². The fourth-order valence-electron chi connectivity index (χ4n) is 2.15. The van der Waals surface area contributed by atoms with E-state index in [9.17, 15) is 0 Å². The van der Waals surface area contributed by atoms with Crippen molar-refractivity contribution in [1.82, 2.24) is 15.3 Å². The second-order valence-electron chi connectivity index (χ2n) is 4.64. The van der Waals surface area contributed by atoms with Crippen LogP contribution in [0.1, 0.15) is 6.92 Å². The van der Waals surface area contributed by atoms with Gasteiger partial charge in [0.05, 0.1) is 18.8 Å². The molecule has 1 fully saturated rings. The highest BCUT2D eigenvalue weighted by molar-refractivity contribution is 6.29. The Balaban J connectivity index is 2.20. The van der Waals surface area contributed by atoms with Crippen LogP contribution in [-0.2, 0) is 4.74 Å². The molecule has 106 valence electrons. The highest BCUT2D eigenvalue weighted by atomic mass is 35.5. The van der Waals surface area contributed by atoms with Crippen molar-refractivity contribution in [1.29, 1.82) is 0 Å². The number of halogens is 1. The van der Waals surface area contributed by atoms with E-state index in [2.05, 4.69) is 32.4 Å². The molecule has 1 aromatic heterocycles. The van der Waals surface area contributed by atoms with Crippen molar-refractivity contribution in [2.75, 3.05) is 44.0 Å². The van der Waals surface area contributed by atoms with Crippen molar-refractivity contribution in [2.45, 2.75) is 19.1 Å². The van der Waals surface area contributed by atoms with Crippen molar-refractivity contribution in [3.05, 3.63) is 11.2 Å². The maximum Gasteiger partial charge on any atom is 0.225 e. The smallest absolute Gasteiger partial charge is 0.225 e. The minimum absolute atomic E-state index is 0.160. The summed E-state index contributed by atoms with van der Waals surface area (Å²) in [4.78, 5) is 10.8. The summed E-state index contributed by atoms with van der Waals surface area (Å²) in [6.45, 7) is 4.41. The molecule has 2 unspecified atom stereocenters. The molecule has 7 heteroatoms. The van der Waals surface area contributed by atoms with E-state index in [1.807, 2.05) is 7.05 Å². The van der Waals surface area contributed by atoms with Crippen LogP contribution < -0.4 is 15.5 Å². The van der Waals surface area contributed by atoms with Crippen molar-refractivity contribution < 1.29 is 4.74 Å². The first kappa shape index (κ1) is 14.3. The van der Waals surface area contributed by atoms with Gasteiger partial charge >= 0.3 is 0 Å². The number of morpholine rings is 1. The zero-order valence-electron chi connectivity index (χ0n) is 11.5. The second kappa shape index (κ2) is 6.36. The predicted octanol–water partition coefficient (Wildman–Crippen LogP) is 0.985. The predicted molar refractivity (Wildman–Crippen MR) is 77.1 cm³/mol. The normalized spacial score (nSPS) is 23.5. The number of likely N-dealkylation sites (N-methyl/N-ethyl adjacent to an activating group) is 1. The molecule has 2 heterocycles. The van der Waals surface area contributed by atoms with Gasteiger partial charge in [0, 0.05) is 26.2 Å². The summed E-state index contributed by atoms with van der Waals surface area (Å²) in [5.41, 5.74) is 0. The quantitative estimate of drug-likeness (QED) is 0.805. The number of nitrogens with zero attached hydrogens (tertiary/aromatic N) is 3. The monoisotopic (exact) mass is 285 g/mol. The first-order valence-corrected chi connectivity index (χ1v) is 6.77. The molecule has 2 atom stereocenters. The number of hydrogen-bond acceptors (Lipinski definition) is 6. The third kappa shape index (κ3) is 3.46. The van der Waals surface area contributed by atoms with Crippen molar-refractivity contribution >= 4 is 23.4 Å². The zero-order valence-corrected chi connectivity index (χ0v) is 12.2. The van der Waals surface area contributed by atoms with Gasteiger partial charge in [0.2, 0.25) is 5.95 Å². The molecule has 0 amide bonds. The van der Waals surface area contributed by atoms with Crippen LogP contribution in [0.2, 0.25) is 5.15 Å². The molecule has 19 heavy (non-hydrogen) atoms. The maximum absolute atomic E-state index is 6.03. The number of aromatic nitrogens is 2. The molecule has 1 saturated heterocycles. The molecule has 0 aromatic carbocycles. The van der Waals surface area contributed by atoms with Gasteiger partial charge in [0.1, 0.15) is 11.0 Å². The Morgan fingerprint density at radius 3 is 2.95 bits per heavy atom. The lowest BCUT2D eigenvalue weighted by Gasteiger charge is -2.38. The van der Waals surface area contributed by atoms with E-state index in [1.54, 1.807) is 13.1 Å². The van der Waals surface area contributed by atoms with Gasteiger partial charge in [-0.05, 0) is 14.0 Å². The summed E-state index contributed by atoms with van der Waals surface area (Å²) < 4.78 is 5.77. The van der Waals surface area contributed by atoms with Crippen LogP contribution in [0.25, 0.3) is 0 Å². The summed E-state index contributed by atoms with van der Waals surface area (Å²) in [5.74, 6) is 1.37. The van der Waals surface area contributed by atoms with E-state index in [-0.39, 0.29) is 12.1 Å². The molecule has 0 aliphatic carbocycles. The molecule has 6 nitrogen and oxygen atoms in total. The molecule has 2 N–H and O–H groups in total. The van der Waals surface area contributed by atoms with Gasteiger partial charge in [-0.15, -0.1) is 0 Å². The lowest BCUT2D eigenvalue weighted by Crippen LogP contribution is -2.51. The Bertz CT molecular complexity index is 431. The van der Waals surface area contributed by atoms with Crippen molar-refractivity contribution in [2.24, 2.45) is 0 Å². The minimum Gasteiger partial charge on any atom is -0.373 e.